The Morgan fingerprint density at radius 2 is 1.52 bits per heavy atom. The van der Waals surface area contributed by atoms with Crippen LogP contribution in [0, 0.1) is 11.6 Å². The van der Waals surface area contributed by atoms with Gasteiger partial charge in [-0.25, -0.2) is 8.78 Å². The second-order valence-electron chi connectivity index (χ2n) is 5.98. The Kier molecular flexibility index (Phi) is 4.02. The van der Waals surface area contributed by atoms with Crippen molar-refractivity contribution in [2.45, 2.75) is 12.5 Å². The first kappa shape index (κ1) is 15.5. The van der Waals surface area contributed by atoms with Crippen molar-refractivity contribution in [1.29, 1.82) is 0 Å². The molecule has 0 N–H and O–H groups in total. The maximum absolute atomic E-state index is 14.4. The normalized spacial score (nSPS) is 16.8. The summed E-state index contributed by atoms with van der Waals surface area (Å²) in [5.74, 6) is -0.966. The van der Waals surface area contributed by atoms with Crippen molar-refractivity contribution >= 4 is 11.4 Å². The second kappa shape index (κ2) is 6.48. The minimum Gasteiger partial charge on any atom is -0.254 e. The maximum atomic E-state index is 14.4. The summed E-state index contributed by atoms with van der Waals surface area (Å²) in [6, 6.07) is 22.9. The zero-order chi connectivity index (χ0) is 17.2. The highest BCUT2D eigenvalue weighted by Gasteiger charge is 2.31. The summed E-state index contributed by atoms with van der Waals surface area (Å²) >= 11 is 0. The van der Waals surface area contributed by atoms with Gasteiger partial charge >= 0.3 is 0 Å². The van der Waals surface area contributed by atoms with Gasteiger partial charge in [-0.1, -0.05) is 60.7 Å². The Labute approximate surface area is 145 Å². The van der Waals surface area contributed by atoms with Gasteiger partial charge in [-0.2, -0.15) is 5.10 Å². The molecule has 0 saturated heterocycles. The monoisotopic (exact) mass is 334 g/mol. The molecule has 0 spiro atoms. The zero-order valence-electron chi connectivity index (χ0n) is 13.4. The van der Waals surface area contributed by atoms with E-state index < -0.39 is 11.6 Å². The van der Waals surface area contributed by atoms with E-state index in [4.69, 9.17) is 0 Å². The zero-order valence-corrected chi connectivity index (χ0v) is 13.4. The van der Waals surface area contributed by atoms with E-state index in [0.29, 0.717) is 6.42 Å². The molecule has 0 aromatic heterocycles. The highest BCUT2D eigenvalue weighted by Crippen LogP contribution is 2.37. The van der Waals surface area contributed by atoms with Crippen molar-refractivity contribution in [2.24, 2.45) is 5.10 Å². The lowest BCUT2D eigenvalue weighted by atomic mass is 9.98. The van der Waals surface area contributed by atoms with E-state index in [9.17, 15) is 8.78 Å². The molecule has 1 heterocycles. The lowest BCUT2D eigenvalue weighted by Gasteiger charge is -2.24. The molecule has 1 aliphatic rings. The molecule has 3 aromatic carbocycles. The maximum Gasteiger partial charge on any atom is 0.148 e. The van der Waals surface area contributed by atoms with Crippen LogP contribution in [0.5, 0.6) is 0 Å². The molecule has 3 aromatic rings. The molecule has 1 aliphatic heterocycles. The lowest BCUT2D eigenvalue weighted by molar-refractivity contribution is 0.585. The molecule has 0 radical (unpaired) electrons. The van der Waals surface area contributed by atoms with Gasteiger partial charge in [0.1, 0.15) is 11.6 Å². The first-order valence-corrected chi connectivity index (χ1v) is 8.14. The third-order valence-electron chi connectivity index (χ3n) is 4.36. The first-order chi connectivity index (χ1) is 12.2. The predicted octanol–water partition coefficient (Wildman–Crippen LogP) is 5.32. The van der Waals surface area contributed by atoms with E-state index in [1.54, 1.807) is 5.01 Å². The quantitative estimate of drug-likeness (QED) is 0.633. The van der Waals surface area contributed by atoms with Gasteiger partial charge < -0.3 is 0 Å². The lowest BCUT2D eigenvalue weighted by Crippen LogP contribution is -2.19. The SMILES string of the molecule is Fc1ccc(F)c(N2N=C(c3ccccc3)C[C@H]2c2ccccc2)c1. The summed E-state index contributed by atoms with van der Waals surface area (Å²) in [5, 5.41) is 6.22. The molecule has 4 rings (SSSR count). The summed E-state index contributed by atoms with van der Waals surface area (Å²) in [4.78, 5) is 0. The average molecular weight is 334 g/mol. The summed E-state index contributed by atoms with van der Waals surface area (Å²) in [7, 11) is 0. The number of rotatable bonds is 3. The molecular formula is C21H16F2N2. The van der Waals surface area contributed by atoms with E-state index in [-0.39, 0.29) is 11.7 Å². The summed E-state index contributed by atoms with van der Waals surface area (Å²) in [6.45, 7) is 0. The standard InChI is InChI=1S/C21H16F2N2/c22-17-11-12-18(23)21(13-17)25-20(16-9-5-2-6-10-16)14-19(24-25)15-7-3-1-4-8-15/h1-13,20H,14H2/t20-/m0/s1. The average Bonchev–Trinajstić information content (AvgIpc) is 3.10. The third kappa shape index (κ3) is 3.03. The third-order valence-corrected chi connectivity index (χ3v) is 4.36. The molecule has 1 atom stereocenters. The molecular weight excluding hydrogens is 318 g/mol. The summed E-state index contributed by atoms with van der Waals surface area (Å²) < 4.78 is 28.1. The van der Waals surface area contributed by atoms with Crippen LogP contribution in [-0.4, -0.2) is 5.71 Å². The van der Waals surface area contributed by atoms with Crippen LogP contribution in [0.3, 0.4) is 0 Å². The van der Waals surface area contributed by atoms with Crippen molar-refractivity contribution in [3.8, 4) is 0 Å². The Hall–Kier alpha value is -3.01. The second-order valence-corrected chi connectivity index (χ2v) is 5.98. The molecule has 25 heavy (non-hydrogen) atoms. The molecule has 0 aliphatic carbocycles. The van der Waals surface area contributed by atoms with Gasteiger partial charge in [0.05, 0.1) is 17.4 Å². The van der Waals surface area contributed by atoms with Gasteiger partial charge in [0, 0.05) is 12.5 Å². The largest absolute Gasteiger partial charge is 0.254 e. The van der Waals surface area contributed by atoms with Crippen molar-refractivity contribution in [3.05, 3.63) is 102 Å². The van der Waals surface area contributed by atoms with Crippen LogP contribution in [0.15, 0.2) is 84.0 Å². The van der Waals surface area contributed by atoms with Crippen molar-refractivity contribution in [2.75, 3.05) is 5.01 Å². The van der Waals surface area contributed by atoms with E-state index >= 15 is 0 Å². The van der Waals surface area contributed by atoms with Crippen LogP contribution in [0.2, 0.25) is 0 Å². The van der Waals surface area contributed by atoms with Crippen LogP contribution >= 0.6 is 0 Å². The molecule has 2 nitrogen and oxygen atoms in total. The Bertz CT molecular complexity index is 908. The number of hydrazone groups is 1. The predicted molar refractivity (Wildman–Crippen MR) is 95.6 cm³/mol. The fourth-order valence-corrected chi connectivity index (χ4v) is 3.13. The van der Waals surface area contributed by atoms with E-state index in [0.717, 1.165) is 29.0 Å². The Balaban J connectivity index is 1.80. The van der Waals surface area contributed by atoms with Crippen LogP contribution in [-0.2, 0) is 0 Å². The van der Waals surface area contributed by atoms with Gasteiger partial charge in [0.15, 0.2) is 0 Å². The highest BCUT2D eigenvalue weighted by molar-refractivity contribution is 6.03. The minimum atomic E-state index is -0.486. The molecule has 0 fully saturated rings. The van der Waals surface area contributed by atoms with Crippen LogP contribution in [0.4, 0.5) is 14.5 Å². The number of nitrogens with zero attached hydrogens (tertiary/aromatic N) is 2. The van der Waals surface area contributed by atoms with E-state index in [1.807, 2.05) is 60.7 Å². The van der Waals surface area contributed by atoms with Crippen molar-refractivity contribution in [1.82, 2.24) is 0 Å². The van der Waals surface area contributed by atoms with Gasteiger partial charge in [-0.05, 0) is 23.3 Å². The van der Waals surface area contributed by atoms with Crippen molar-refractivity contribution < 1.29 is 8.78 Å². The Morgan fingerprint density at radius 1 is 0.840 bits per heavy atom. The number of hydrogen-bond donors (Lipinski definition) is 0. The van der Waals surface area contributed by atoms with Crippen LogP contribution in [0.1, 0.15) is 23.6 Å². The van der Waals surface area contributed by atoms with Crippen LogP contribution in [0.25, 0.3) is 0 Å². The first-order valence-electron chi connectivity index (χ1n) is 8.14. The number of hydrogen-bond acceptors (Lipinski definition) is 2. The van der Waals surface area contributed by atoms with Gasteiger partial charge in [-0.15, -0.1) is 0 Å². The minimum absolute atomic E-state index is 0.153. The smallest absolute Gasteiger partial charge is 0.148 e. The fourth-order valence-electron chi connectivity index (χ4n) is 3.13. The van der Waals surface area contributed by atoms with Crippen LogP contribution < -0.4 is 5.01 Å². The van der Waals surface area contributed by atoms with Gasteiger partial charge in [0.2, 0.25) is 0 Å². The van der Waals surface area contributed by atoms with Crippen molar-refractivity contribution in [3.63, 3.8) is 0 Å². The highest BCUT2D eigenvalue weighted by atomic mass is 19.1. The number of anilines is 1. The van der Waals surface area contributed by atoms with E-state index in [2.05, 4.69) is 5.10 Å². The number of halogens is 2. The molecule has 0 unspecified atom stereocenters. The molecule has 4 heteroatoms. The molecule has 124 valence electrons. The fraction of sp³-hybridized carbons (Fsp3) is 0.0952. The molecule has 0 bridgehead atoms. The molecule has 0 amide bonds. The Morgan fingerprint density at radius 3 is 2.24 bits per heavy atom. The topological polar surface area (TPSA) is 15.6 Å². The van der Waals surface area contributed by atoms with E-state index in [1.165, 1.54) is 6.07 Å². The molecule has 0 saturated carbocycles. The number of benzene rings is 3. The summed E-state index contributed by atoms with van der Waals surface area (Å²) in [5.41, 5.74) is 3.02. The summed E-state index contributed by atoms with van der Waals surface area (Å²) in [6.07, 6.45) is 0.629. The van der Waals surface area contributed by atoms with Gasteiger partial charge in [0.25, 0.3) is 0 Å². The van der Waals surface area contributed by atoms with Gasteiger partial charge in [-0.3, -0.25) is 5.01 Å².